The van der Waals surface area contributed by atoms with E-state index in [4.69, 9.17) is 5.73 Å². The van der Waals surface area contributed by atoms with E-state index in [0.29, 0.717) is 0 Å². The van der Waals surface area contributed by atoms with E-state index < -0.39 is 0 Å². The van der Waals surface area contributed by atoms with Crippen LogP contribution in [0.2, 0.25) is 0 Å². The molecular formula is C21H43IN6O. The molecule has 170 valence electrons. The number of amides is 1. The third-order valence-corrected chi connectivity index (χ3v) is 6.26. The third kappa shape index (κ3) is 10.3. The molecule has 0 spiro atoms. The van der Waals surface area contributed by atoms with E-state index >= 15 is 0 Å². The van der Waals surface area contributed by atoms with E-state index in [1.165, 1.54) is 32.4 Å². The van der Waals surface area contributed by atoms with Crippen LogP contribution in [-0.2, 0) is 4.79 Å². The van der Waals surface area contributed by atoms with E-state index in [2.05, 4.69) is 32.3 Å². The molecule has 1 unspecified atom stereocenters. The first kappa shape index (κ1) is 26.4. The molecule has 1 amide bonds. The second-order valence-corrected chi connectivity index (χ2v) is 8.39. The van der Waals surface area contributed by atoms with E-state index in [0.717, 1.165) is 76.8 Å². The van der Waals surface area contributed by atoms with E-state index in [1.807, 2.05) is 7.05 Å². The summed E-state index contributed by atoms with van der Waals surface area (Å²) in [5, 5.41) is 6.86. The molecule has 2 rings (SSSR count). The Labute approximate surface area is 194 Å². The number of nitrogens with two attached hydrogens (primary N) is 1. The van der Waals surface area contributed by atoms with Crippen LogP contribution in [0.5, 0.6) is 0 Å². The highest BCUT2D eigenvalue weighted by Gasteiger charge is 2.22. The number of primary amides is 1. The highest BCUT2D eigenvalue weighted by atomic mass is 127. The molecule has 0 saturated carbocycles. The maximum atomic E-state index is 11.2. The van der Waals surface area contributed by atoms with Crippen molar-refractivity contribution in [3.05, 3.63) is 0 Å². The summed E-state index contributed by atoms with van der Waals surface area (Å²) in [6.45, 7) is 9.81. The highest BCUT2D eigenvalue weighted by Crippen LogP contribution is 2.17. The van der Waals surface area contributed by atoms with Gasteiger partial charge in [-0.3, -0.25) is 9.79 Å². The number of nitrogens with zero attached hydrogens (tertiary/aromatic N) is 3. The van der Waals surface area contributed by atoms with Crippen LogP contribution >= 0.6 is 24.0 Å². The molecule has 2 aliphatic rings. The number of aliphatic imine (C=N–C) groups is 1. The zero-order chi connectivity index (χ0) is 20.2. The summed E-state index contributed by atoms with van der Waals surface area (Å²) in [6.07, 6.45) is 9.37. The van der Waals surface area contributed by atoms with Gasteiger partial charge < -0.3 is 26.2 Å². The number of rotatable bonds is 10. The summed E-state index contributed by atoms with van der Waals surface area (Å²) in [5.41, 5.74) is 5.40. The largest absolute Gasteiger partial charge is 0.369 e. The molecule has 0 radical (unpaired) electrons. The number of guanidine groups is 1. The molecule has 0 bridgehead atoms. The molecule has 2 fully saturated rings. The van der Waals surface area contributed by atoms with Gasteiger partial charge in [-0.25, -0.2) is 0 Å². The standard InChI is InChI=1S/C21H42N6O.HI/c1-18-8-3-5-14-27(18)15-7-12-25-21(23-2)24-11-4-6-13-26-16-9-19(10-17-26)20(22)28;/h18-19H,3-17H2,1-2H3,(H2,22,28)(H2,23,24,25);1H. The molecule has 4 N–H and O–H groups in total. The number of unbranched alkanes of at least 4 members (excludes halogenated alkanes) is 1. The number of likely N-dealkylation sites (tertiary alicyclic amines) is 2. The van der Waals surface area contributed by atoms with Gasteiger partial charge in [-0.15, -0.1) is 24.0 Å². The summed E-state index contributed by atoms with van der Waals surface area (Å²) in [6, 6.07) is 0.743. The Balaban J connectivity index is 0.00000420. The molecule has 2 aliphatic heterocycles. The van der Waals surface area contributed by atoms with Crippen molar-refractivity contribution in [2.75, 3.05) is 52.9 Å². The Kier molecular flexibility index (Phi) is 13.9. The van der Waals surface area contributed by atoms with E-state index in [1.54, 1.807) is 0 Å². The smallest absolute Gasteiger partial charge is 0.220 e. The molecule has 0 aromatic carbocycles. The van der Waals surface area contributed by atoms with Crippen LogP contribution in [0.1, 0.15) is 58.3 Å². The summed E-state index contributed by atoms with van der Waals surface area (Å²) in [7, 11) is 1.84. The average molecular weight is 523 g/mol. The third-order valence-electron chi connectivity index (χ3n) is 6.26. The van der Waals surface area contributed by atoms with Gasteiger partial charge in [0, 0.05) is 38.6 Å². The summed E-state index contributed by atoms with van der Waals surface area (Å²) in [4.78, 5) is 20.6. The zero-order valence-electron chi connectivity index (χ0n) is 18.5. The number of carbonyl (C=O) groups is 1. The fraction of sp³-hybridized carbons (Fsp3) is 0.905. The lowest BCUT2D eigenvalue weighted by Gasteiger charge is -2.33. The minimum absolute atomic E-state index is 0. The van der Waals surface area contributed by atoms with Crippen LogP contribution in [0.4, 0.5) is 0 Å². The molecule has 0 aromatic rings. The topological polar surface area (TPSA) is 86.0 Å². The lowest BCUT2D eigenvalue weighted by molar-refractivity contribution is -0.123. The second-order valence-electron chi connectivity index (χ2n) is 8.39. The number of hydrogen-bond donors (Lipinski definition) is 3. The van der Waals surface area contributed by atoms with Crippen molar-refractivity contribution in [1.29, 1.82) is 0 Å². The van der Waals surface area contributed by atoms with Gasteiger partial charge in [0.15, 0.2) is 5.96 Å². The fourth-order valence-corrected chi connectivity index (χ4v) is 4.31. The zero-order valence-corrected chi connectivity index (χ0v) is 20.8. The van der Waals surface area contributed by atoms with Crippen LogP contribution < -0.4 is 16.4 Å². The van der Waals surface area contributed by atoms with Gasteiger partial charge in [-0.05, 0) is 78.0 Å². The monoisotopic (exact) mass is 522 g/mol. The van der Waals surface area contributed by atoms with E-state index in [9.17, 15) is 4.79 Å². The van der Waals surface area contributed by atoms with Crippen molar-refractivity contribution in [3.8, 4) is 0 Å². The lowest BCUT2D eigenvalue weighted by atomic mass is 9.96. The Morgan fingerprint density at radius 3 is 2.31 bits per heavy atom. The van der Waals surface area contributed by atoms with Crippen LogP contribution in [-0.4, -0.2) is 80.6 Å². The molecule has 2 saturated heterocycles. The van der Waals surface area contributed by atoms with Gasteiger partial charge in [-0.2, -0.15) is 0 Å². The van der Waals surface area contributed by atoms with Crippen molar-refractivity contribution >= 4 is 35.8 Å². The normalized spacial score (nSPS) is 22.1. The quantitative estimate of drug-likeness (QED) is 0.177. The first-order valence-electron chi connectivity index (χ1n) is 11.3. The SMILES string of the molecule is CN=C(NCCCCN1CCC(C(N)=O)CC1)NCCCN1CCCCC1C.I. The van der Waals surface area contributed by atoms with Gasteiger partial charge in [0.05, 0.1) is 0 Å². The lowest BCUT2D eigenvalue weighted by Crippen LogP contribution is -2.41. The van der Waals surface area contributed by atoms with Crippen molar-refractivity contribution in [2.24, 2.45) is 16.6 Å². The van der Waals surface area contributed by atoms with Crippen LogP contribution in [0.3, 0.4) is 0 Å². The minimum Gasteiger partial charge on any atom is -0.369 e. The first-order valence-corrected chi connectivity index (χ1v) is 11.3. The number of halogens is 1. The molecule has 2 heterocycles. The number of nitrogens with one attached hydrogen (secondary N) is 2. The predicted octanol–water partition coefficient (Wildman–Crippen LogP) is 2.01. The molecule has 7 nitrogen and oxygen atoms in total. The highest BCUT2D eigenvalue weighted by molar-refractivity contribution is 14.0. The van der Waals surface area contributed by atoms with Gasteiger partial charge in [-0.1, -0.05) is 6.42 Å². The first-order chi connectivity index (χ1) is 13.6. The maximum Gasteiger partial charge on any atom is 0.220 e. The summed E-state index contributed by atoms with van der Waals surface area (Å²) in [5.74, 6) is 0.868. The Morgan fingerprint density at radius 1 is 1.00 bits per heavy atom. The van der Waals surface area contributed by atoms with Crippen molar-refractivity contribution in [2.45, 2.75) is 64.3 Å². The number of hydrogen-bond acceptors (Lipinski definition) is 4. The fourth-order valence-electron chi connectivity index (χ4n) is 4.31. The van der Waals surface area contributed by atoms with Crippen molar-refractivity contribution in [1.82, 2.24) is 20.4 Å². The van der Waals surface area contributed by atoms with Crippen LogP contribution in [0, 0.1) is 5.92 Å². The molecule has 1 atom stereocenters. The number of piperidine rings is 2. The maximum absolute atomic E-state index is 11.2. The minimum atomic E-state index is -0.131. The molecule has 0 aromatic heterocycles. The Bertz CT molecular complexity index is 482. The van der Waals surface area contributed by atoms with Gasteiger partial charge in [0.2, 0.25) is 5.91 Å². The van der Waals surface area contributed by atoms with Gasteiger partial charge in [0.25, 0.3) is 0 Å². The summed E-state index contributed by atoms with van der Waals surface area (Å²) < 4.78 is 0. The van der Waals surface area contributed by atoms with Gasteiger partial charge >= 0.3 is 0 Å². The Hall–Kier alpha value is -0.610. The average Bonchev–Trinajstić information content (AvgIpc) is 2.71. The molecule has 8 heteroatoms. The Morgan fingerprint density at radius 2 is 1.69 bits per heavy atom. The van der Waals surface area contributed by atoms with E-state index in [-0.39, 0.29) is 35.8 Å². The van der Waals surface area contributed by atoms with Crippen LogP contribution in [0.15, 0.2) is 4.99 Å². The predicted molar refractivity (Wildman–Crippen MR) is 132 cm³/mol. The van der Waals surface area contributed by atoms with Crippen molar-refractivity contribution < 1.29 is 4.79 Å². The number of carbonyl (C=O) groups excluding carboxylic acids is 1. The second kappa shape index (κ2) is 15.2. The molecule has 29 heavy (non-hydrogen) atoms. The van der Waals surface area contributed by atoms with Crippen LogP contribution in [0.25, 0.3) is 0 Å². The summed E-state index contributed by atoms with van der Waals surface area (Å²) >= 11 is 0. The van der Waals surface area contributed by atoms with Crippen molar-refractivity contribution in [3.63, 3.8) is 0 Å². The molecular weight excluding hydrogens is 479 g/mol. The molecule has 0 aliphatic carbocycles. The van der Waals surface area contributed by atoms with Gasteiger partial charge in [0.1, 0.15) is 0 Å².